The molecule has 1 aliphatic carbocycles. The Kier molecular flexibility index (Phi) is 4.62. The van der Waals surface area contributed by atoms with Crippen LogP contribution in [0.1, 0.15) is 43.6 Å². The fraction of sp³-hybridized carbons (Fsp3) is 0.812. The molecule has 1 saturated heterocycles. The molecular weight excluding hydrogens is 266 g/mol. The van der Waals surface area contributed by atoms with E-state index in [9.17, 15) is 0 Å². The fourth-order valence-electron chi connectivity index (χ4n) is 3.44. The molecule has 5 heteroatoms. The quantitative estimate of drug-likeness (QED) is 0.869. The molecule has 2 fully saturated rings. The molecule has 0 unspecified atom stereocenters. The summed E-state index contributed by atoms with van der Waals surface area (Å²) in [6.45, 7) is 2.38. The van der Waals surface area contributed by atoms with Crippen LogP contribution in [0.3, 0.4) is 0 Å². The maximum absolute atomic E-state index is 5.49. The van der Waals surface area contributed by atoms with Gasteiger partial charge < -0.3 is 19.5 Å². The highest BCUT2D eigenvalue weighted by molar-refractivity contribution is 5.12. The molecule has 0 bridgehead atoms. The van der Waals surface area contributed by atoms with Crippen molar-refractivity contribution in [2.24, 2.45) is 0 Å². The second-order valence-corrected chi connectivity index (χ2v) is 6.95. The van der Waals surface area contributed by atoms with Crippen LogP contribution in [0.2, 0.25) is 0 Å². The van der Waals surface area contributed by atoms with Gasteiger partial charge in [-0.2, -0.15) is 0 Å². The number of rotatable bonds is 6. The van der Waals surface area contributed by atoms with Gasteiger partial charge in [-0.3, -0.25) is 0 Å². The average Bonchev–Trinajstić information content (AvgIpc) is 2.83. The zero-order valence-electron chi connectivity index (χ0n) is 13.2. The van der Waals surface area contributed by atoms with Crippen LogP contribution in [0.15, 0.2) is 10.6 Å². The Bertz CT molecular complexity index is 448. The van der Waals surface area contributed by atoms with Crippen LogP contribution in [0.5, 0.6) is 0 Å². The first-order valence-corrected chi connectivity index (χ1v) is 8.10. The molecule has 5 nitrogen and oxygen atoms in total. The van der Waals surface area contributed by atoms with E-state index in [0.717, 1.165) is 37.6 Å². The standard InChI is InChI=1S/C16H27N3O2/c1-19(2)10-15-8-14(18-21-15)9-16(11-20-12-16)17-13-6-4-3-5-7-13/h8,13,17H,3-7,9-12H2,1-2H3. The summed E-state index contributed by atoms with van der Waals surface area (Å²) in [6, 6.07) is 2.73. The van der Waals surface area contributed by atoms with Gasteiger partial charge in [-0.1, -0.05) is 24.4 Å². The summed E-state index contributed by atoms with van der Waals surface area (Å²) in [6.07, 6.45) is 7.59. The molecule has 0 amide bonds. The van der Waals surface area contributed by atoms with Gasteiger partial charge in [0.1, 0.15) is 0 Å². The molecule has 0 atom stereocenters. The van der Waals surface area contributed by atoms with Crippen molar-refractivity contribution in [3.05, 3.63) is 17.5 Å². The van der Waals surface area contributed by atoms with Crippen LogP contribution >= 0.6 is 0 Å². The van der Waals surface area contributed by atoms with Crippen molar-refractivity contribution in [2.45, 2.75) is 56.7 Å². The number of nitrogens with one attached hydrogen (secondary N) is 1. The lowest BCUT2D eigenvalue weighted by molar-refractivity contribution is -0.0815. The average molecular weight is 293 g/mol. The number of aromatic nitrogens is 1. The van der Waals surface area contributed by atoms with Crippen LogP contribution in [0, 0.1) is 0 Å². The minimum absolute atomic E-state index is 0.0776. The summed E-state index contributed by atoms with van der Waals surface area (Å²) in [5, 5.41) is 8.08. The third-order valence-corrected chi connectivity index (χ3v) is 4.47. The topological polar surface area (TPSA) is 50.5 Å². The Hall–Kier alpha value is -0.910. The Labute approximate surface area is 127 Å². The van der Waals surface area contributed by atoms with E-state index in [0.29, 0.717) is 6.04 Å². The van der Waals surface area contributed by atoms with E-state index in [4.69, 9.17) is 9.26 Å². The Balaban J connectivity index is 1.59. The van der Waals surface area contributed by atoms with Crippen LogP contribution in [0.25, 0.3) is 0 Å². The van der Waals surface area contributed by atoms with Gasteiger partial charge in [0.15, 0.2) is 5.76 Å². The third kappa shape index (κ3) is 3.84. The summed E-state index contributed by atoms with van der Waals surface area (Å²) >= 11 is 0. The molecule has 0 spiro atoms. The smallest absolute Gasteiger partial charge is 0.150 e. The van der Waals surface area contributed by atoms with Gasteiger partial charge in [0.25, 0.3) is 0 Å². The third-order valence-electron chi connectivity index (χ3n) is 4.47. The van der Waals surface area contributed by atoms with E-state index >= 15 is 0 Å². The van der Waals surface area contributed by atoms with Crippen LogP contribution in [-0.2, 0) is 17.7 Å². The highest BCUT2D eigenvalue weighted by Crippen LogP contribution is 2.27. The van der Waals surface area contributed by atoms with E-state index < -0.39 is 0 Å². The van der Waals surface area contributed by atoms with E-state index in [-0.39, 0.29) is 5.54 Å². The molecule has 0 radical (unpaired) electrons. The summed E-state index contributed by atoms with van der Waals surface area (Å²) in [5.41, 5.74) is 1.12. The minimum Gasteiger partial charge on any atom is -0.377 e. The molecule has 2 aliphatic rings. The van der Waals surface area contributed by atoms with Gasteiger partial charge in [-0.25, -0.2) is 0 Å². The van der Waals surface area contributed by atoms with Crippen molar-refractivity contribution < 1.29 is 9.26 Å². The lowest BCUT2D eigenvalue weighted by atomic mass is 9.87. The maximum atomic E-state index is 5.49. The molecule has 2 heterocycles. The van der Waals surface area contributed by atoms with Gasteiger partial charge in [-0.05, 0) is 26.9 Å². The molecule has 1 N–H and O–H groups in total. The molecule has 1 saturated carbocycles. The van der Waals surface area contributed by atoms with Gasteiger partial charge in [0.05, 0.1) is 31.0 Å². The monoisotopic (exact) mass is 293 g/mol. The van der Waals surface area contributed by atoms with Crippen molar-refractivity contribution in [2.75, 3.05) is 27.3 Å². The predicted molar refractivity (Wildman–Crippen MR) is 81.2 cm³/mol. The lowest BCUT2D eigenvalue weighted by Gasteiger charge is -2.45. The zero-order chi connectivity index (χ0) is 14.7. The normalized spacial score (nSPS) is 22.4. The van der Waals surface area contributed by atoms with Gasteiger partial charge in [0, 0.05) is 18.5 Å². The highest BCUT2D eigenvalue weighted by atomic mass is 16.5. The van der Waals surface area contributed by atoms with Gasteiger partial charge in [-0.15, -0.1) is 0 Å². The highest BCUT2D eigenvalue weighted by Gasteiger charge is 2.41. The number of ether oxygens (including phenoxy) is 1. The first-order valence-electron chi connectivity index (χ1n) is 8.10. The maximum Gasteiger partial charge on any atom is 0.150 e. The van der Waals surface area contributed by atoms with Crippen molar-refractivity contribution >= 4 is 0 Å². The molecule has 3 rings (SSSR count). The largest absolute Gasteiger partial charge is 0.377 e. The van der Waals surface area contributed by atoms with E-state index in [2.05, 4.69) is 21.4 Å². The van der Waals surface area contributed by atoms with Crippen LogP contribution in [0.4, 0.5) is 0 Å². The van der Waals surface area contributed by atoms with Crippen molar-refractivity contribution in [3.63, 3.8) is 0 Å². The fourth-order valence-corrected chi connectivity index (χ4v) is 3.44. The van der Waals surface area contributed by atoms with Gasteiger partial charge in [0.2, 0.25) is 0 Å². The first kappa shape index (κ1) is 15.0. The molecule has 1 aromatic heterocycles. The van der Waals surface area contributed by atoms with Crippen molar-refractivity contribution in [1.29, 1.82) is 0 Å². The number of nitrogens with zero attached hydrogens (tertiary/aromatic N) is 2. The molecule has 21 heavy (non-hydrogen) atoms. The second kappa shape index (κ2) is 6.46. The predicted octanol–water partition coefficient (Wildman–Crippen LogP) is 1.97. The molecule has 118 valence electrons. The van der Waals surface area contributed by atoms with E-state index in [1.807, 2.05) is 14.1 Å². The Morgan fingerprint density at radius 2 is 2.05 bits per heavy atom. The van der Waals surface area contributed by atoms with Gasteiger partial charge >= 0.3 is 0 Å². The minimum atomic E-state index is 0.0776. The molecule has 1 aromatic rings. The molecular formula is C16H27N3O2. The van der Waals surface area contributed by atoms with Crippen LogP contribution in [-0.4, -0.2) is 48.9 Å². The number of hydrogen-bond acceptors (Lipinski definition) is 5. The Morgan fingerprint density at radius 1 is 1.29 bits per heavy atom. The Morgan fingerprint density at radius 3 is 2.67 bits per heavy atom. The van der Waals surface area contributed by atoms with E-state index in [1.54, 1.807) is 0 Å². The lowest BCUT2D eigenvalue weighted by Crippen LogP contribution is -2.64. The van der Waals surface area contributed by atoms with Crippen LogP contribution < -0.4 is 5.32 Å². The summed E-state index contributed by atoms with van der Waals surface area (Å²) in [7, 11) is 4.07. The van der Waals surface area contributed by atoms with Crippen molar-refractivity contribution in [3.8, 4) is 0 Å². The summed E-state index contributed by atoms with van der Waals surface area (Å²) < 4.78 is 10.9. The summed E-state index contributed by atoms with van der Waals surface area (Å²) in [4.78, 5) is 2.09. The second-order valence-electron chi connectivity index (χ2n) is 6.95. The summed E-state index contributed by atoms with van der Waals surface area (Å²) in [5.74, 6) is 0.933. The molecule has 0 aromatic carbocycles. The molecule has 1 aliphatic heterocycles. The first-order chi connectivity index (χ1) is 10.2. The van der Waals surface area contributed by atoms with Crippen molar-refractivity contribution in [1.82, 2.24) is 15.4 Å². The van der Waals surface area contributed by atoms with E-state index in [1.165, 1.54) is 32.1 Å². The number of hydrogen-bond donors (Lipinski definition) is 1. The zero-order valence-corrected chi connectivity index (χ0v) is 13.2. The SMILES string of the molecule is CN(C)Cc1cc(CC2(NC3CCCCC3)COC2)no1.